The molecule has 4 atom stereocenters. The number of aliphatic hydroxyl groups excluding tert-OH is 1. The first-order chi connectivity index (χ1) is 21.9. The topological polar surface area (TPSA) is 156 Å². The Kier molecular flexibility index (Phi) is 11.9. The van der Waals surface area contributed by atoms with Crippen molar-refractivity contribution in [1.82, 2.24) is 23.7 Å². The van der Waals surface area contributed by atoms with E-state index < -0.39 is 28.1 Å². The van der Waals surface area contributed by atoms with Crippen LogP contribution in [0.25, 0.3) is 0 Å². The SMILES string of the molecule is C[C@@H]1CN([C@H](C)CO)C(=O)c2cc(NC(=O)c3ccncc3)ccc2O[C@@H](C)CCCCO[C@H]1CN(C)S(=O)(=O)c1cn(C)cn1. The van der Waals surface area contributed by atoms with Gasteiger partial charge in [0.1, 0.15) is 5.75 Å². The molecule has 2 amide bonds. The van der Waals surface area contributed by atoms with E-state index in [-0.39, 0.29) is 48.2 Å². The number of nitrogens with one attached hydrogen (secondary N) is 1. The summed E-state index contributed by atoms with van der Waals surface area (Å²) in [5.41, 5.74) is 1.05. The molecule has 250 valence electrons. The highest BCUT2D eigenvalue weighted by molar-refractivity contribution is 7.89. The summed E-state index contributed by atoms with van der Waals surface area (Å²) in [6, 6.07) is 7.54. The van der Waals surface area contributed by atoms with Crippen molar-refractivity contribution in [2.75, 3.05) is 38.7 Å². The number of carbonyl (C=O) groups is 2. The van der Waals surface area contributed by atoms with Crippen molar-refractivity contribution in [3.8, 4) is 5.75 Å². The number of aryl methyl sites for hydroxylation is 1. The number of aliphatic hydroxyl groups is 1. The highest BCUT2D eigenvalue weighted by Gasteiger charge is 2.33. The molecule has 13 nitrogen and oxygen atoms in total. The summed E-state index contributed by atoms with van der Waals surface area (Å²) in [7, 11) is -0.696. The van der Waals surface area contributed by atoms with Crippen molar-refractivity contribution >= 4 is 27.5 Å². The smallest absolute Gasteiger partial charge is 0.261 e. The minimum absolute atomic E-state index is 0.0386. The number of benzene rings is 1. The van der Waals surface area contributed by atoms with Crippen LogP contribution in [0.15, 0.2) is 60.3 Å². The third-order valence-corrected chi connectivity index (χ3v) is 9.75. The number of fused-ring (bicyclic) bond motifs is 1. The van der Waals surface area contributed by atoms with E-state index in [9.17, 15) is 23.1 Å². The van der Waals surface area contributed by atoms with Gasteiger partial charge >= 0.3 is 0 Å². The van der Waals surface area contributed by atoms with Crippen LogP contribution in [0.4, 0.5) is 5.69 Å². The second kappa shape index (κ2) is 15.6. The molecule has 0 spiro atoms. The Morgan fingerprint density at radius 1 is 1.20 bits per heavy atom. The lowest BCUT2D eigenvalue weighted by Gasteiger charge is -2.35. The Morgan fingerprint density at radius 3 is 2.61 bits per heavy atom. The first-order valence-electron chi connectivity index (χ1n) is 15.4. The van der Waals surface area contributed by atoms with Crippen LogP contribution in [0.5, 0.6) is 5.75 Å². The van der Waals surface area contributed by atoms with Gasteiger partial charge in [-0.05, 0) is 63.4 Å². The fourth-order valence-electron chi connectivity index (χ4n) is 5.20. The highest BCUT2D eigenvalue weighted by Crippen LogP contribution is 2.29. The lowest BCUT2D eigenvalue weighted by molar-refractivity contribution is -0.00835. The second-order valence-electron chi connectivity index (χ2n) is 11.9. The molecule has 46 heavy (non-hydrogen) atoms. The molecule has 2 N–H and O–H groups in total. The van der Waals surface area contributed by atoms with E-state index >= 15 is 0 Å². The maximum atomic E-state index is 14.3. The molecule has 1 aliphatic heterocycles. The van der Waals surface area contributed by atoms with E-state index in [1.165, 1.54) is 36.3 Å². The van der Waals surface area contributed by atoms with Gasteiger partial charge in [0, 0.05) is 69.6 Å². The van der Waals surface area contributed by atoms with Crippen molar-refractivity contribution in [2.45, 2.75) is 63.3 Å². The summed E-state index contributed by atoms with van der Waals surface area (Å²) in [4.78, 5) is 36.7. The minimum atomic E-state index is -3.88. The Balaban J connectivity index is 1.65. The molecule has 14 heteroatoms. The number of hydrogen-bond donors (Lipinski definition) is 2. The molecule has 3 heterocycles. The van der Waals surface area contributed by atoms with E-state index in [0.717, 1.165) is 12.8 Å². The Labute approximate surface area is 270 Å². The fraction of sp³-hybridized carbons (Fsp3) is 0.500. The van der Waals surface area contributed by atoms with E-state index in [4.69, 9.17) is 9.47 Å². The van der Waals surface area contributed by atoms with E-state index in [1.54, 1.807) is 53.8 Å². The third kappa shape index (κ3) is 8.69. The summed E-state index contributed by atoms with van der Waals surface area (Å²) >= 11 is 0. The van der Waals surface area contributed by atoms with Crippen LogP contribution < -0.4 is 10.1 Å². The van der Waals surface area contributed by atoms with E-state index in [0.29, 0.717) is 30.0 Å². The number of sulfonamides is 1. The molecule has 2 aromatic heterocycles. The van der Waals surface area contributed by atoms with Gasteiger partial charge in [-0.2, -0.15) is 4.31 Å². The molecule has 0 unspecified atom stereocenters. The molecule has 0 saturated heterocycles. The number of rotatable bonds is 8. The van der Waals surface area contributed by atoms with Crippen molar-refractivity contribution in [3.05, 3.63) is 66.4 Å². The quantitative estimate of drug-likeness (QED) is 0.372. The Bertz CT molecular complexity index is 1580. The van der Waals surface area contributed by atoms with Crippen LogP contribution in [0.1, 0.15) is 60.7 Å². The van der Waals surface area contributed by atoms with Crippen molar-refractivity contribution in [3.63, 3.8) is 0 Å². The van der Waals surface area contributed by atoms with E-state index in [2.05, 4.69) is 15.3 Å². The number of hydrogen-bond acceptors (Lipinski definition) is 9. The van der Waals surface area contributed by atoms with Gasteiger partial charge in [-0.15, -0.1) is 0 Å². The summed E-state index contributed by atoms with van der Waals surface area (Å²) in [6.07, 6.45) is 7.36. The summed E-state index contributed by atoms with van der Waals surface area (Å²) in [6.45, 7) is 5.86. The summed E-state index contributed by atoms with van der Waals surface area (Å²) < 4.78 is 41.9. The number of amides is 2. The van der Waals surface area contributed by atoms with Crippen LogP contribution in [-0.4, -0.2) is 101 Å². The first kappa shape index (κ1) is 35.0. The zero-order valence-corrected chi connectivity index (χ0v) is 27.8. The number of ether oxygens (including phenoxy) is 2. The predicted molar refractivity (Wildman–Crippen MR) is 172 cm³/mol. The molecule has 4 rings (SSSR count). The largest absolute Gasteiger partial charge is 0.490 e. The molecule has 0 saturated carbocycles. The predicted octanol–water partition coefficient (Wildman–Crippen LogP) is 3.18. The zero-order valence-electron chi connectivity index (χ0n) is 27.0. The van der Waals surface area contributed by atoms with Gasteiger partial charge in [0.05, 0.1) is 36.7 Å². The zero-order chi connectivity index (χ0) is 33.4. The molecule has 0 aliphatic carbocycles. The van der Waals surface area contributed by atoms with E-state index in [1.807, 2.05) is 13.8 Å². The van der Waals surface area contributed by atoms with Gasteiger partial charge in [0.25, 0.3) is 21.8 Å². The molecular formula is C32H44N6O7S. The molecule has 0 fully saturated rings. The molecule has 1 aliphatic rings. The Hall–Kier alpha value is -3.85. The maximum Gasteiger partial charge on any atom is 0.261 e. The number of imidazole rings is 1. The maximum absolute atomic E-state index is 14.3. The van der Waals surface area contributed by atoms with Gasteiger partial charge in [0.2, 0.25) is 0 Å². The summed E-state index contributed by atoms with van der Waals surface area (Å²) in [5, 5.41) is 13.0. The fourth-order valence-corrected chi connectivity index (χ4v) is 6.35. The molecule has 0 radical (unpaired) electrons. The highest BCUT2D eigenvalue weighted by atomic mass is 32.2. The van der Waals surface area contributed by atoms with Crippen molar-refractivity contribution in [2.24, 2.45) is 13.0 Å². The monoisotopic (exact) mass is 656 g/mol. The lowest BCUT2D eigenvalue weighted by atomic mass is 10.0. The molecule has 3 aromatic rings. The van der Waals surface area contributed by atoms with Crippen LogP contribution >= 0.6 is 0 Å². The minimum Gasteiger partial charge on any atom is -0.490 e. The summed E-state index contributed by atoms with van der Waals surface area (Å²) in [5.74, 6) is -0.724. The standard InChI is InChI=1S/C32H44N6O7S/c1-22-17-38(23(2)20-39)32(41)27-16-26(35-31(40)25-11-13-33-14-12-25)9-10-28(27)45-24(3)8-6-7-15-44-29(22)18-37(5)46(42,43)30-19-36(4)21-34-30/h9-14,16,19,21-24,29,39H,6-8,15,17-18,20H2,1-5H3,(H,35,40)/t22-,23-,24+,29+/m1/s1. The van der Waals surface area contributed by atoms with Gasteiger partial charge in [0.15, 0.2) is 5.03 Å². The average Bonchev–Trinajstić information content (AvgIpc) is 3.49. The molecular weight excluding hydrogens is 612 g/mol. The second-order valence-corrected chi connectivity index (χ2v) is 13.9. The number of pyridine rings is 1. The van der Waals surface area contributed by atoms with Gasteiger partial charge < -0.3 is 29.4 Å². The Morgan fingerprint density at radius 2 is 1.93 bits per heavy atom. The number of carbonyl (C=O) groups excluding carboxylic acids is 2. The average molecular weight is 657 g/mol. The van der Waals surface area contributed by atoms with Crippen molar-refractivity contribution in [1.29, 1.82) is 0 Å². The van der Waals surface area contributed by atoms with Gasteiger partial charge in [-0.3, -0.25) is 14.6 Å². The first-order valence-corrected chi connectivity index (χ1v) is 16.8. The van der Waals surface area contributed by atoms with Gasteiger partial charge in [-0.25, -0.2) is 13.4 Å². The number of aromatic nitrogens is 3. The number of nitrogens with zero attached hydrogens (tertiary/aromatic N) is 5. The van der Waals surface area contributed by atoms with Crippen LogP contribution in [0.2, 0.25) is 0 Å². The van der Waals surface area contributed by atoms with Crippen LogP contribution in [-0.2, 0) is 21.8 Å². The molecule has 0 bridgehead atoms. The van der Waals surface area contributed by atoms with Crippen LogP contribution in [0, 0.1) is 5.92 Å². The molecule has 1 aromatic carbocycles. The number of likely N-dealkylation sites (N-methyl/N-ethyl adjacent to an activating group) is 1. The lowest BCUT2D eigenvalue weighted by Crippen LogP contribution is -2.48. The number of anilines is 1. The van der Waals surface area contributed by atoms with Gasteiger partial charge in [-0.1, -0.05) is 6.92 Å². The van der Waals surface area contributed by atoms with Crippen molar-refractivity contribution < 1.29 is 32.6 Å². The third-order valence-electron chi connectivity index (χ3n) is 8.04. The van der Waals surface area contributed by atoms with Crippen LogP contribution in [0.3, 0.4) is 0 Å². The normalized spacial score (nSPS) is 20.8.